The van der Waals surface area contributed by atoms with Crippen molar-refractivity contribution in [2.24, 2.45) is 11.3 Å². The highest BCUT2D eigenvalue weighted by atomic mass is 32.2. The molecule has 32 heavy (non-hydrogen) atoms. The summed E-state index contributed by atoms with van der Waals surface area (Å²) in [5, 5.41) is -4.62. The second-order valence-electron chi connectivity index (χ2n) is 8.57. The Bertz CT molecular complexity index is 964. The summed E-state index contributed by atoms with van der Waals surface area (Å²) in [6.45, 7) is 3.56. The Kier molecular flexibility index (Phi) is 6.60. The van der Waals surface area contributed by atoms with Crippen LogP contribution in [0.3, 0.4) is 0 Å². The molecule has 0 radical (unpaired) electrons. The number of hydrogen-bond donors (Lipinski definition) is 0. The molecule has 2 amide bonds. The van der Waals surface area contributed by atoms with Gasteiger partial charge in [0.2, 0.25) is 5.91 Å². The molecule has 1 saturated heterocycles. The molecule has 172 valence electrons. The summed E-state index contributed by atoms with van der Waals surface area (Å²) < 4.78 is 65.7. The average molecular weight is 470 g/mol. The fraction of sp³-hybridized carbons (Fsp3) is 0.391. The van der Waals surface area contributed by atoms with Crippen LogP contribution in [0, 0.1) is 11.3 Å². The van der Waals surface area contributed by atoms with E-state index >= 15 is 8.78 Å². The monoisotopic (exact) mass is 469 g/mol. The fourth-order valence-electron chi connectivity index (χ4n) is 3.67. The van der Waals surface area contributed by atoms with Gasteiger partial charge in [0.25, 0.3) is 0 Å². The van der Waals surface area contributed by atoms with Gasteiger partial charge in [0, 0.05) is 4.90 Å². The average Bonchev–Trinajstić information content (AvgIpc) is 3.09. The molecule has 9 heteroatoms. The van der Waals surface area contributed by atoms with E-state index in [0.29, 0.717) is 10.5 Å². The van der Waals surface area contributed by atoms with Crippen molar-refractivity contribution in [2.75, 3.05) is 6.61 Å². The summed E-state index contributed by atoms with van der Waals surface area (Å²) in [7, 11) is 0. The fourth-order valence-corrected chi connectivity index (χ4v) is 4.51. The third-order valence-corrected chi connectivity index (χ3v) is 6.18. The van der Waals surface area contributed by atoms with Crippen molar-refractivity contribution < 1.29 is 31.9 Å². The van der Waals surface area contributed by atoms with Crippen molar-refractivity contribution in [1.29, 1.82) is 0 Å². The third kappa shape index (κ3) is 4.62. The van der Waals surface area contributed by atoms with Crippen LogP contribution < -0.4 is 0 Å². The van der Waals surface area contributed by atoms with E-state index in [1.807, 2.05) is 0 Å². The van der Waals surface area contributed by atoms with Crippen molar-refractivity contribution >= 4 is 23.8 Å². The second-order valence-corrected chi connectivity index (χ2v) is 9.75. The first-order valence-corrected chi connectivity index (χ1v) is 10.7. The Labute approximate surface area is 187 Å². The number of ether oxygens (including phenoxy) is 1. The first-order chi connectivity index (χ1) is 14.9. The van der Waals surface area contributed by atoms with Gasteiger partial charge in [0.15, 0.2) is 0 Å². The number of amides is 2. The van der Waals surface area contributed by atoms with Gasteiger partial charge in [0.1, 0.15) is 18.6 Å². The Morgan fingerprint density at radius 1 is 1.00 bits per heavy atom. The highest BCUT2D eigenvalue weighted by Gasteiger charge is 2.68. The first kappa shape index (κ1) is 24.1. The van der Waals surface area contributed by atoms with Gasteiger partial charge in [-0.05, 0) is 34.9 Å². The highest BCUT2D eigenvalue weighted by Crippen LogP contribution is 2.55. The minimum atomic E-state index is -4.77. The molecule has 0 N–H and O–H groups in total. The van der Waals surface area contributed by atoms with E-state index < -0.39 is 40.6 Å². The van der Waals surface area contributed by atoms with Crippen LogP contribution in [-0.2, 0) is 9.53 Å². The number of carbonyl (C=O) groups excluding carboxylic acids is 2. The number of imide groups is 1. The van der Waals surface area contributed by atoms with Crippen molar-refractivity contribution in [2.45, 2.75) is 42.9 Å². The number of cyclic esters (lactones) is 1. The van der Waals surface area contributed by atoms with Gasteiger partial charge in [0.05, 0.1) is 0 Å². The smallest absolute Gasteiger partial charge is 0.417 e. The summed E-state index contributed by atoms with van der Waals surface area (Å²) >= 11 is -0.315. The van der Waals surface area contributed by atoms with E-state index in [4.69, 9.17) is 4.74 Å². The van der Waals surface area contributed by atoms with Gasteiger partial charge < -0.3 is 4.74 Å². The minimum absolute atomic E-state index is 0.0694. The molecule has 0 bridgehead atoms. The zero-order valence-corrected chi connectivity index (χ0v) is 18.5. The van der Waals surface area contributed by atoms with Crippen LogP contribution in [0.4, 0.5) is 22.4 Å². The number of nitrogens with zero attached hydrogens (tertiary/aromatic N) is 1. The molecule has 3 rings (SSSR count). The van der Waals surface area contributed by atoms with Gasteiger partial charge in [-0.2, -0.15) is 17.6 Å². The number of carbonyl (C=O) groups is 2. The topological polar surface area (TPSA) is 46.6 Å². The Balaban J connectivity index is 1.99. The van der Waals surface area contributed by atoms with Crippen LogP contribution in [-0.4, -0.2) is 34.7 Å². The highest BCUT2D eigenvalue weighted by molar-refractivity contribution is 8.00. The maximum atomic E-state index is 15.4. The Hall–Kier alpha value is -2.55. The zero-order valence-electron chi connectivity index (χ0n) is 17.7. The van der Waals surface area contributed by atoms with Crippen LogP contribution in [0.25, 0.3) is 0 Å². The molecule has 1 unspecified atom stereocenters. The molecule has 0 spiro atoms. The predicted octanol–water partition coefficient (Wildman–Crippen LogP) is 6.39. The number of benzene rings is 2. The molecule has 2 aromatic carbocycles. The maximum Gasteiger partial charge on any atom is 0.417 e. The Morgan fingerprint density at radius 2 is 1.53 bits per heavy atom. The lowest BCUT2D eigenvalue weighted by Gasteiger charge is -2.40. The second kappa shape index (κ2) is 8.77. The number of thioether (sulfide) groups is 1. The van der Waals surface area contributed by atoms with E-state index in [1.54, 1.807) is 36.4 Å². The molecule has 1 aliphatic heterocycles. The summed E-state index contributed by atoms with van der Waals surface area (Å²) in [4.78, 5) is 26.2. The van der Waals surface area contributed by atoms with Crippen LogP contribution in [0.15, 0.2) is 65.6 Å². The van der Waals surface area contributed by atoms with Gasteiger partial charge in [-0.1, -0.05) is 69.3 Å². The number of halogens is 4. The maximum absolute atomic E-state index is 15.4. The van der Waals surface area contributed by atoms with E-state index in [1.165, 1.54) is 45.0 Å². The van der Waals surface area contributed by atoms with Crippen molar-refractivity contribution in [3.8, 4) is 0 Å². The third-order valence-electron chi connectivity index (χ3n) is 5.15. The van der Waals surface area contributed by atoms with Crippen LogP contribution in [0.2, 0.25) is 0 Å². The molecule has 0 aromatic heterocycles. The molecular formula is C23H23F4NO3S. The lowest BCUT2D eigenvalue weighted by atomic mass is 9.75. The van der Waals surface area contributed by atoms with Gasteiger partial charge >= 0.3 is 17.3 Å². The lowest BCUT2D eigenvalue weighted by molar-refractivity contribution is -0.211. The molecule has 1 aliphatic rings. The van der Waals surface area contributed by atoms with Crippen molar-refractivity contribution in [1.82, 2.24) is 4.90 Å². The minimum Gasteiger partial charge on any atom is -0.446 e. The van der Waals surface area contributed by atoms with Crippen molar-refractivity contribution in [3.63, 3.8) is 0 Å². The number of hydrogen-bond acceptors (Lipinski definition) is 4. The van der Waals surface area contributed by atoms with Crippen LogP contribution >= 0.6 is 11.8 Å². The Morgan fingerprint density at radius 3 is 2.06 bits per heavy atom. The number of rotatable bonds is 6. The molecule has 2 atom stereocenters. The van der Waals surface area contributed by atoms with E-state index in [-0.39, 0.29) is 23.3 Å². The lowest BCUT2D eigenvalue weighted by Crippen LogP contribution is -2.56. The SMILES string of the molecule is CC(C)(C)C(C(=O)N1C(=O)OC[C@H]1c1ccccc1)C(F)(F)C(F)(F)Sc1ccccc1. The van der Waals surface area contributed by atoms with Crippen molar-refractivity contribution in [3.05, 3.63) is 66.2 Å². The number of alkyl halides is 4. The van der Waals surface area contributed by atoms with Crippen LogP contribution in [0.1, 0.15) is 32.4 Å². The quantitative estimate of drug-likeness (QED) is 0.363. The van der Waals surface area contributed by atoms with Gasteiger partial charge in [-0.25, -0.2) is 9.69 Å². The summed E-state index contributed by atoms with van der Waals surface area (Å²) in [5.74, 6) is -8.65. The molecule has 1 fully saturated rings. The predicted molar refractivity (Wildman–Crippen MR) is 113 cm³/mol. The van der Waals surface area contributed by atoms with E-state index in [2.05, 4.69) is 0 Å². The largest absolute Gasteiger partial charge is 0.446 e. The molecule has 1 heterocycles. The molecule has 4 nitrogen and oxygen atoms in total. The van der Waals surface area contributed by atoms with E-state index in [9.17, 15) is 18.4 Å². The molecule has 0 aliphatic carbocycles. The van der Waals surface area contributed by atoms with Crippen LogP contribution in [0.5, 0.6) is 0 Å². The summed E-state index contributed by atoms with van der Waals surface area (Å²) in [6.07, 6.45) is -1.13. The molecule has 0 saturated carbocycles. The zero-order chi connectivity index (χ0) is 23.7. The van der Waals surface area contributed by atoms with Gasteiger partial charge in [-0.3, -0.25) is 4.79 Å². The van der Waals surface area contributed by atoms with E-state index in [0.717, 1.165) is 0 Å². The first-order valence-electron chi connectivity index (χ1n) is 9.90. The summed E-state index contributed by atoms with van der Waals surface area (Å²) in [6, 6.07) is 14.3. The molecular weight excluding hydrogens is 446 g/mol. The molecule has 2 aromatic rings. The van der Waals surface area contributed by atoms with Gasteiger partial charge in [-0.15, -0.1) is 0 Å². The standard InChI is InChI=1S/C23H23F4NO3S/c1-21(2,3)18(22(24,25)23(26,27)32-16-12-8-5-9-13-16)19(29)28-17(14-31-20(28)30)15-10-6-4-7-11-15/h4-13,17-18H,14H2,1-3H3/t17-,18?/m0/s1. The normalized spacial score (nSPS) is 18.4. The summed E-state index contributed by atoms with van der Waals surface area (Å²) in [5.41, 5.74) is -1.11.